The van der Waals surface area contributed by atoms with Crippen molar-refractivity contribution >= 4 is 47.3 Å². The van der Waals surface area contributed by atoms with Gasteiger partial charge in [0.1, 0.15) is 36.3 Å². The fourth-order valence-corrected chi connectivity index (χ4v) is 6.88. The molecule has 2 aromatic carbocycles. The summed E-state index contributed by atoms with van der Waals surface area (Å²) >= 11 is 0. The van der Waals surface area contributed by atoms with E-state index in [9.17, 15) is 53.7 Å². The lowest BCUT2D eigenvalue weighted by Gasteiger charge is -2.32. The number of hydrogen-bond acceptors (Lipinski definition) is 11. The second-order valence-electron chi connectivity index (χ2n) is 15.6. The highest BCUT2D eigenvalue weighted by Gasteiger charge is 2.42. The number of nitrogens with two attached hydrogens (primary N) is 2. The summed E-state index contributed by atoms with van der Waals surface area (Å²) in [7, 11) is 0. The van der Waals surface area contributed by atoms with Crippen molar-refractivity contribution in [1.82, 2.24) is 31.5 Å². The topological polar surface area (TPSA) is 313 Å². The first-order valence-electron chi connectivity index (χ1n) is 20.3. The lowest BCUT2D eigenvalue weighted by Crippen LogP contribution is -2.61. The van der Waals surface area contributed by atoms with Crippen LogP contribution in [0.3, 0.4) is 0 Å². The molecule has 2 aromatic rings. The van der Waals surface area contributed by atoms with Crippen LogP contribution in [-0.4, -0.2) is 129 Å². The number of likely N-dealkylation sites (tertiary alicyclic amines) is 1. The summed E-state index contributed by atoms with van der Waals surface area (Å²) in [5.41, 5.74) is 12.3. The number of aliphatic hydroxyl groups excluding tert-OH is 2. The van der Waals surface area contributed by atoms with Crippen LogP contribution in [0, 0.1) is 11.8 Å². The number of carboxylic acid groups (broad SMARTS) is 1. The van der Waals surface area contributed by atoms with Crippen LogP contribution in [0.15, 0.2) is 60.7 Å². The van der Waals surface area contributed by atoms with Crippen molar-refractivity contribution in [3.8, 4) is 0 Å². The Bertz CT molecular complexity index is 1830. The Balaban J connectivity index is 1.88. The van der Waals surface area contributed by atoms with Crippen molar-refractivity contribution in [3.05, 3.63) is 71.8 Å². The minimum absolute atomic E-state index is 0.0451. The second-order valence-corrected chi connectivity index (χ2v) is 15.6. The number of nitrogens with one attached hydrogen (secondary N) is 5. The molecule has 0 radical (unpaired) electrons. The van der Waals surface area contributed by atoms with Gasteiger partial charge < -0.3 is 58.3 Å². The summed E-state index contributed by atoms with van der Waals surface area (Å²) in [5.74, 6) is -8.09. The fourth-order valence-electron chi connectivity index (χ4n) is 6.88. The molecule has 1 heterocycles. The van der Waals surface area contributed by atoms with E-state index < -0.39 is 115 Å². The first-order valence-corrected chi connectivity index (χ1v) is 20.3. The van der Waals surface area contributed by atoms with Crippen LogP contribution in [0.5, 0.6) is 0 Å². The lowest BCUT2D eigenvalue weighted by molar-refractivity contribution is -0.148. The minimum atomic E-state index is -1.99. The maximum absolute atomic E-state index is 14.1. The molecular weight excluding hydrogens is 793 g/mol. The molecule has 19 heteroatoms. The van der Waals surface area contributed by atoms with E-state index >= 15 is 0 Å². The second kappa shape index (κ2) is 23.8. The Labute approximate surface area is 354 Å². The van der Waals surface area contributed by atoms with Crippen LogP contribution >= 0.6 is 0 Å². The first-order chi connectivity index (χ1) is 28.9. The molecule has 1 saturated heterocycles. The van der Waals surface area contributed by atoms with E-state index in [1.54, 1.807) is 81.4 Å². The number of hydrogen-bond donors (Lipinski definition) is 10. The predicted molar refractivity (Wildman–Crippen MR) is 221 cm³/mol. The van der Waals surface area contributed by atoms with Crippen LogP contribution < -0.4 is 38.1 Å². The van der Waals surface area contributed by atoms with Gasteiger partial charge >= 0.3 is 5.97 Å². The third-order valence-electron chi connectivity index (χ3n) is 10.6. The van der Waals surface area contributed by atoms with Crippen molar-refractivity contribution in [3.63, 3.8) is 0 Å². The SMILES string of the molecule is CC[C@H](C)[C@H](NC(=O)[C@@H]1CCCN1C(=O)[C@H](O)[C@H](Cc1ccccc1)NC(=O)[C@H](CC(=O)O)NC(=O)[C@H](Cc1ccccc1)NC(=O)[C@@H](N)CO)C(=O)N[C@H](C(N)=O)C(C)C. The van der Waals surface area contributed by atoms with Gasteiger partial charge in [-0.25, -0.2) is 0 Å². The molecule has 0 aliphatic carbocycles. The largest absolute Gasteiger partial charge is 0.481 e. The number of carboxylic acids is 1. The van der Waals surface area contributed by atoms with Crippen molar-refractivity contribution in [2.45, 2.75) is 115 Å². The molecule has 3 rings (SSSR count). The van der Waals surface area contributed by atoms with Crippen LogP contribution in [0.4, 0.5) is 0 Å². The Morgan fingerprint density at radius 1 is 0.754 bits per heavy atom. The molecule has 7 amide bonds. The molecule has 9 atom stereocenters. The predicted octanol–water partition coefficient (Wildman–Crippen LogP) is -1.77. The van der Waals surface area contributed by atoms with Gasteiger partial charge in [-0.05, 0) is 42.2 Å². The van der Waals surface area contributed by atoms with E-state index in [0.29, 0.717) is 24.0 Å². The van der Waals surface area contributed by atoms with Crippen molar-refractivity contribution in [2.24, 2.45) is 23.3 Å². The number of aliphatic carboxylic acids is 1. The van der Waals surface area contributed by atoms with Gasteiger partial charge in [-0.2, -0.15) is 0 Å². The molecule has 0 unspecified atom stereocenters. The monoisotopic (exact) mass is 852 g/mol. The van der Waals surface area contributed by atoms with Gasteiger partial charge in [0.25, 0.3) is 5.91 Å². The molecule has 0 bridgehead atoms. The molecule has 61 heavy (non-hydrogen) atoms. The van der Waals surface area contributed by atoms with E-state index in [1.165, 1.54) is 0 Å². The smallest absolute Gasteiger partial charge is 0.305 e. The molecule has 1 aliphatic rings. The van der Waals surface area contributed by atoms with E-state index in [2.05, 4.69) is 26.6 Å². The van der Waals surface area contributed by atoms with Gasteiger partial charge in [0.05, 0.1) is 19.1 Å². The normalized spacial score (nSPS) is 17.6. The Hall–Kier alpha value is -5.92. The van der Waals surface area contributed by atoms with Crippen LogP contribution in [-0.2, 0) is 51.2 Å². The Morgan fingerprint density at radius 2 is 1.31 bits per heavy atom. The molecule has 1 aliphatic heterocycles. The minimum Gasteiger partial charge on any atom is -0.481 e. The molecule has 334 valence electrons. The summed E-state index contributed by atoms with van der Waals surface area (Å²) < 4.78 is 0. The van der Waals surface area contributed by atoms with Crippen LogP contribution in [0.2, 0.25) is 0 Å². The molecule has 19 nitrogen and oxygen atoms in total. The molecule has 0 aromatic heterocycles. The zero-order valence-electron chi connectivity index (χ0n) is 34.9. The third kappa shape index (κ3) is 14.6. The van der Waals surface area contributed by atoms with Gasteiger partial charge in [-0.1, -0.05) is 94.8 Å². The van der Waals surface area contributed by atoms with Gasteiger partial charge in [0.2, 0.25) is 35.4 Å². The maximum atomic E-state index is 14.1. The first kappa shape index (κ1) is 49.4. The summed E-state index contributed by atoms with van der Waals surface area (Å²) in [5, 5.41) is 43.5. The van der Waals surface area contributed by atoms with E-state index in [-0.39, 0.29) is 31.7 Å². The third-order valence-corrected chi connectivity index (χ3v) is 10.6. The van der Waals surface area contributed by atoms with E-state index in [4.69, 9.17) is 11.5 Å². The molecule has 1 fully saturated rings. The highest BCUT2D eigenvalue weighted by atomic mass is 16.4. The van der Waals surface area contributed by atoms with Gasteiger partial charge in [-0.3, -0.25) is 38.4 Å². The highest BCUT2D eigenvalue weighted by Crippen LogP contribution is 2.22. The van der Waals surface area contributed by atoms with Crippen molar-refractivity contribution in [1.29, 1.82) is 0 Å². The van der Waals surface area contributed by atoms with E-state index in [1.807, 2.05) is 6.92 Å². The summed E-state index contributed by atoms with van der Waals surface area (Å²) in [4.78, 5) is 107. The van der Waals surface area contributed by atoms with Gasteiger partial charge in [-0.15, -0.1) is 0 Å². The van der Waals surface area contributed by atoms with Crippen LogP contribution in [0.1, 0.15) is 64.5 Å². The number of aliphatic hydroxyl groups is 2. The van der Waals surface area contributed by atoms with Crippen LogP contribution in [0.25, 0.3) is 0 Å². The highest BCUT2D eigenvalue weighted by molar-refractivity contribution is 5.97. The molecule has 0 spiro atoms. The number of rotatable bonds is 23. The number of carbonyl (C=O) groups excluding carboxylic acids is 7. The van der Waals surface area contributed by atoms with Crippen molar-refractivity contribution in [2.75, 3.05) is 13.2 Å². The molecule has 0 saturated carbocycles. The number of primary amides is 1. The number of benzene rings is 2. The number of amides is 7. The number of nitrogens with zero attached hydrogens (tertiary/aromatic N) is 1. The quantitative estimate of drug-likeness (QED) is 0.0594. The fraction of sp³-hybridized carbons (Fsp3) is 0.524. The lowest BCUT2D eigenvalue weighted by atomic mass is 9.96. The average molecular weight is 853 g/mol. The Kier molecular flexibility index (Phi) is 19.3. The molecular formula is C42H60N8O11. The Morgan fingerprint density at radius 3 is 1.84 bits per heavy atom. The van der Waals surface area contributed by atoms with Gasteiger partial charge in [0, 0.05) is 13.0 Å². The number of carbonyl (C=O) groups is 8. The molecule has 12 N–H and O–H groups in total. The average Bonchev–Trinajstić information content (AvgIpc) is 3.73. The van der Waals surface area contributed by atoms with E-state index in [0.717, 1.165) is 4.90 Å². The standard InChI is InChI=1S/C42H60N8O11/c1-5-24(4)34(41(60)48-33(23(2)3)36(44)55)49-40(59)31-17-12-18-50(31)42(61)35(54)28(19-25-13-8-6-9-14-25)45-39(58)30(21-32(52)53)47-38(57)29(46-37(56)27(43)22-51)20-26-15-10-7-11-16-26/h6-11,13-16,23-24,27-31,33-35,51,54H,5,12,17-22,43H2,1-4H3,(H2,44,55)(H,45,58)(H,46,56)(H,47,57)(H,48,60)(H,49,59)(H,52,53)/t24-,27-,28-,29-,30-,31-,33-,34-,35+/m0/s1. The summed E-state index contributed by atoms with van der Waals surface area (Å²) in [6, 6.07) is 7.79. The maximum Gasteiger partial charge on any atom is 0.305 e. The van der Waals surface area contributed by atoms with Crippen molar-refractivity contribution < 1.29 is 53.7 Å². The summed E-state index contributed by atoms with van der Waals surface area (Å²) in [6.07, 6.45) is -2.14. The zero-order chi connectivity index (χ0) is 45.4. The van der Waals surface area contributed by atoms with Gasteiger partial charge in [0.15, 0.2) is 6.10 Å². The summed E-state index contributed by atoms with van der Waals surface area (Å²) in [6.45, 7) is 6.29. The zero-order valence-corrected chi connectivity index (χ0v) is 34.9.